The molecule has 3 rings (SSSR count). The largest absolute Gasteiger partial charge is 0.394 e. The van der Waals surface area contributed by atoms with Crippen molar-refractivity contribution < 1.29 is 9.90 Å². The number of rotatable bonds is 5. The van der Waals surface area contributed by atoms with E-state index < -0.39 is 5.92 Å². The second kappa shape index (κ2) is 7.56. The lowest BCUT2D eigenvalue weighted by atomic mass is 10.0. The van der Waals surface area contributed by atoms with Crippen LogP contribution in [0.25, 0.3) is 0 Å². The van der Waals surface area contributed by atoms with Gasteiger partial charge in [0.15, 0.2) is 0 Å². The number of para-hydroxylation sites is 2. The van der Waals surface area contributed by atoms with Crippen molar-refractivity contribution in [2.45, 2.75) is 25.3 Å². The molecule has 0 radical (unpaired) electrons. The summed E-state index contributed by atoms with van der Waals surface area (Å²) >= 11 is 12.6. The number of carbonyl (C=O) groups is 1. The van der Waals surface area contributed by atoms with Crippen LogP contribution in [0.5, 0.6) is 0 Å². The Hall–Kier alpha value is -1.88. The van der Waals surface area contributed by atoms with Gasteiger partial charge in [-0.15, -0.1) is 0 Å². The Morgan fingerprint density at radius 3 is 2.52 bits per heavy atom. The molecule has 0 saturated carbocycles. The average molecular weight is 377 g/mol. The van der Waals surface area contributed by atoms with E-state index in [0.717, 1.165) is 11.3 Å². The molecule has 1 N–H and O–H groups in total. The van der Waals surface area contributed by atoms with Crippen LogP contribution in [0.4, 0.5) is 11.4 Å². The molecular weight excluding hydrogens is 359 g/mol. The van der Waals surface area contributed by atoms with Crippen molar-refractivity contribution in [2.24, 2.45) is 4.99 Å². The maximum absolute atomic E-state index is 13.1. The third-order valence-corrected chi connectivity index (χ3v) is 4.90. The topological polar surface area (TPSA) is 52.9 Å². The van der Waals surface area contributed by atoms with Gasteiger partial charge < -0.3 is 5.11 Å². The number of anilines is 2. The molecule has 0 aliphatic carbocycles. The van der Waals surface area contributed by atoms with Gasteiger partial charge >= 0.3 is 0 Å². The summed E-state index contributed by atoms with van der Waals surface area (Å²) in [6.07, 6.45) is 2.33. The molecule has 1 amide bonds. The second-order valence-corrected chi connectivity index (χ2v) is 6.64. The van der Waals surface area contributed by atoms with Gasteiger partial charge in [0.2, 0.25) is 5.91 Å². The summed E-state index contributed by atoms with van der Waals surface area (Å²) in [5.41, 5.74) is 2.07. The number of amides is 1. The van der Waals surface area contributed by atoms with E-state index in [1.807, 2.05) is 31.2 Å². The lowest BCUT2D eigenvalue weighted by molar-refractivity contribution is -0.117. The van der Waals surface area contributed by atoms with Gasteiger partial charge in [0.1, 0.15) is 5.92 Å². The van der Waals surface area contributed by atoms with E-state index in [1.165, 1.54) is 0 Å². The van der Waals surface area contributed by atoms with Crippen molar-refractivity contribution in [3.63, 3.8) is 0 Å². The van der Waals surface area contributed by atoms with Gasteiger partial charge in [-0.3, -0.25) is 14.7 Å². The first-order chi connectivity index (χ1) is 12.1. The molecule has 1 aliphatic heterocycles. The molecule has 0 aromatic heterocycles. The van der Waals surface area contributed by atoms with E-state index in [-0.39, 0.29) is 18.6 Å². The molecule has 1 heterocycles. The van der Waals surface area contributed by atoms with Gasteiger partial charge in [-0.25, -0.2) is 0 Å². The summed E-state index contributed by atoms with van der Waals surface area (Å²) < 4.78 is 0. The Bertz CT molecular complexity index is 799. The molecule has 0 fully saturated rings. The molecule has 1 unspecified atom stereocenters. The highest BCUT2D eigenvalue weighted by Gasteiger charge is 2.38. The Morgan fingerprint density at radius 2 is 1.88 bits per heavy atom. The van der Waals surface area contributed by atoms with Crippen LogP contribution >= 0.6 is 23.2 Å². The predicted molar refractivity (Wildman–Crippen MR) is 102 cm³/mol. The number of nitrogens with zero attached hydrogens (tertiary/aromatic N) is 2. The number of fused-ring (bicyclic) bond motifs is 1. The van der Waals surface area contributed by atoms with E-state index in [1.54, 1.807) is 29.3 Å². The van der Waals surface area contributed by atoms with E-state index in [0.29, 0.717) is 22.2 Å². The average Bonchev–Trinajstić information content (AvgIpc) is 2.88. The van der Waals surface area contributed by atoms with Crippen molar-refractivity contribution in [2.75, 3.05) is 11.5 Å². The molecule has 1 aliphatic rings. The summed E-state index contributed by atoms with van der Waals surface area (Å²) in [4.78, 5) is 19.0. The van der Waals surface area contributed by atoms with Gasteiger partial charge in [-0.2, -0.15) is 0 Å². The quantitative estimate of drug-likeness (QED) is 0.775. The second-order valence-electron chi connectivity index (χ2n) is 5.82. The zero-order chi connectivity index (χ0) is 18.0. The van der Waals surface area contributed by atoms with E-state index in [2.05, 4.69) is 4.99 Å². The number of carbonyl (C=O) groups excluding carboxylic acids is 1. The number of aliphatic hydroxyl groups excluding tert-OH is 1. The molecule has 0 bridgehead atoms. The first-order valence-electron chi connectivity index (χ1n) is 8.09. The molecule has 0 saturated heterocycles. The van der Waals surface area contributed by atoms with Crippen molar-refractivity contribution in [3.8, 4) is 0 Å². The normalized spacial score (nSPS) is 18.0. The van der Waals surface area contributed by atoms with Crippen LogP contribution in [0, 0.1) is 0 Å². The summed E-state index contributed by atoms with van der Waals surface area (Å²) in [7, 11) is 0. The van der Waals surface area contributed by atoms with Gasteiger partial charge in [0, 0.05) is 6.21 Å². The molecular formula is C19H18Cl2N2O2. The third kappa shape index (κ3) is 3.30. The van der Waals surface area contributed by atoms with Gasteiger partial charge in [0.05, 0.1) is 34.1 Å². The Morgan fingerprint density at radius 1 is 1.20 bits per heavy atom. The summed E-state index contributed by atoms with van der Waals surface area (Å²) in [5.74, 6) is -0.683. The minimum Gasteiger partial charge on any atom is -0.394 e. The fourth-order valence-corrected chi connectivity index (χ4v) is 3.48. The lowest BCUT2D eigenvalue weighted by Crippen LogP contribution is -2.25. The molecule has 6 heteroatoms. The number of aliphatic hydroxyl groups is 1. The zero-order valence-corrected chi connectivity index (χ0v) is 15.2. The van der Waals surface area contributed by atoms with Crippen LogP contribution in [0.2, 0.25) is 10.0 Å². The van der Waals surface area contributed by atoms with E-state index in [9.17, 15) is 9.90 Å². The van der Waals surface area contributed by atoms with Crippen LogP contribution in [0.15, 0.2) is 47.5 Å². The number of hydrogen-bond donors (Lipinski definition) is 1. The monoisotopic (exact) mass is 376 g/mol. The molecule has 25 heavy (non-hydrogen) atoms. The third-order valence-electron chi connectivity index (χ3n) is 4.29. The molecule has 0 spiro atoms. The van der Waals surface area contributed by atoms with Crippen LogP contribution in [-0.4, -0.2) is 29.9 Å². The van der Waals surface area contributed by atoms with Crippen molar-refractivity contribution >= 4 is 46.7 Å². The molecule has 2 aromatic carbocycles. The SMILES string of the molecule is CC[C@@H](CO)N=CC1C(=O)N(c2c(Cl)cccc2Cl)c2ccccc21. The Kier molecular flexibility index (Phi) is 5.42. The van der Waals surface area contributed by atoms with Crippen LogP contribution < -0.4 is 4.90 Å². The lowest BCUT2D eigenvalue weighted by Gasteiger charge is -2.20. The minimum atomic E-state index is -0.524. The fourth-order valence-electron chi connectivity index (χ4n) is 2.91. The van der Waals surface area contributed by atoms with E-state index in [4.69, 9.17) is 23.2 Å². The predicted octanol–water partition coefficient (Wildman–Crippen LogP) is 4.60. The highest BCUT2D eigenvalue weighted by atomic mass is 35.5. The first-order valence-corrected chi connectivity index (χ1v) is 8.85. The van der Waals surface area contributed by atoms with E-state index >= 15 is 0 Å². The number of halogens is 2. The Balaban J connectivity index is 2.07. The zero-order valence-electron chi connectivity index (χ0n) is 13.7. The highest BCUT2D eigenvalue weighted by Crippen LogP contribution is 2.46. The van der Waals surface area contributed by atoms with Gasteiger partial charge in [-0.05, 0) is 30.2 Å². The number of benzene rings is 2. The Labute approximate surface area is 156 Å². The molecule has 2 atom stereocenters. The molecule has 130 valence electrons. The summed E-state index contributed by atoms with van der Waals surface area (Å²) in [5, 5.41) is 10.1. The smallest absolute Gasteiger partial charge is 0.244 e. The van der Waals surface area contributed by atoms with Crippen LogP contribution in [0.1, 0.15) is 24.8 Å². The summed E-state index contributed by atoms with van der Waals surface area (Å²) in [6, 6.07) is 12.5. The highest BCUT2D eigenvalue weighted by molar-refractivity contribution is 6.41. The summed E-state index contributed by atoms with van der Waals surface area (Å²) in [6.45, 7) is 1.90. The van der Waals surface area contributed by atoms with Crippen molar-refractivity contribution in [3.05, 3.63) is 58.1 Å². The van der Waals surface area contributed by atoms with Crippen molar-refractivity contribution in [1.82, 2.24) is 0 Å². The number of aliphatic imine (C=N–C) groups is 1. The van der Waals surface area contributed by atoms with Crippen molar-refractivity contribution in [1.29, 1.82) is 0 Å². The van der Waals surface area contributed by atoms with Crippen LogP contribution in [0.3, 0.4) is 0 Å². The van der Waals surface area contributed by atoms with Gasteiger partial charge in [-0.1, -0.05) is 54.4 Å². The maximum Gasteiger partial charge on any atom is 0.244 e. The maximum atomic E-state index is 13.1. The fraction of sp³-hybridized carbons (Fsp3) is 0.263. The number of hydrogen-bond acceptors (Lipinski definition) is 3. The van der Waals surface area contributed by atoms with Gasteiger partial charge in [0.25, 0.3) is 0 Å². The van der Waals surface area contributed by atoms with Crippen LogP contribution in [-0.2, 0) is 4.79 Å². The molecule has 4 nitrogen and oxygen atoms in total. The molecule has 2 aromatic rings. The minimum absolute atomic E-state index is 0.0460. The standard InChI is InChI=1S/C19H18Cl2N2O2/c1-2-12(11-24)22-10-14-13-6-3-4-9-17(13)23(19(14)25)18-15(20)7-5-8-16(18)21/h3-10,12,14,24H,2,11H2,1H3/t12-,14?/m0/s1. The first kappa shape index (κ1) is 17.9.